The van der Waals surface area contributed by atoms with Crippen molar-refractivity contribution in [2.45, 2.75) is 6.92 Å². The first-order valence-electron chi connectivity index (χ1n) is 4.24. The molecule has 0 bridgehead atoms. The number of aryl methyl sites for hydroxylation is 1. The van der Waals surface area contributed by atoms with Crippen LogP contribution in [0.4, 0.5) is 5.82 Å². The molecule has 5 nitrogen and oxygen atoms in total. The van der Waals surface area contributed by atoms with Crippen molar-refractivity contribution in [1.82, 2.24) is 9.97 Å². The van der Waals surface area contributed by atoms with E-state index in [0.29, 0.717) is 28.7 Å². The number of pyridine rings is 1. The van der Waals surface area contributed by atoms with Crippen LogP contribution in [-0.4, -0.2) is 24.1 Å². The lowest BCUT2D eigenvalue weighted by Gasteiger charge is -2.02. The summed E-state index contributed by atoms with van der Waals surface area (Å²) in [7, 11) is 3.35. The Bertz CT molecular complexity index is 464. The molecule has 2 aromatic rings. The third-order valence-electron chi connectivity index (χ3n) is 1.90. The molecule has 0 amide bonds. The smallest absolute Gasteiger partial charge is 0.245 e. The van der Waals surface area contributed by atoms with E-state index >= 15 is 0 Å². The fourth-order valence-corrected chi connectivity index (χ4v) is 1.28. The van der Waals surface area contributed by atoms with Gasteiger partial charge in [0.15, 0.2) is 17.0 Å². The van der Waals surface area contributed by atoms with E-state index < -0.39 is 0 Å². The van der Waals surface area contributed by atoms with E-state index in [9.17, 15) is 0 Å². The fourth-order valence-electron chi connectivity index (χ4n) is 1.28. The first-order valence-corrected chi connectivity index (χ1v) is 4.24. The van der Waals surface area contributed by atoms with Gasteiger partial charge in [0.2, 0.25) is 5.88 Å². The zero-order valence-electron chi connectivity index (χ0n) is 8.29. The number of hydrogen-bond acceptors (Lipinski definition) is 5. The maximum atomic E-state index is 5.38. The summed E-state index contributed by atoms with van der Waals surface area (Å²) in [6, 6.07) is 1.79. The molecule has 2 heterocycles. The van der Waals surface area contributed by atoms with Crippen LogP contribution in [-0.2, 0) is 0 Å². The molecule has 14 heavy (non-hydrogen) atoms. The first-order chi connectivity index (χ1) is 6.74. The van der Waals surface area contributed by atoms with Gasteiger partial charge in [-0.3, -0.25) is 0 Å². The Hall–Kier alpha value is -1.78. The Morgan fingerprint density at radius 1 is 1.43 bits per heavy atom. The molecule has 0 aromatic carbocycles. The molecule has 0 atom stereocenters. The summed E-state index contributed by atoms with van der Waals surface area (Å²) in [5.41, 5.74) is 1.34. The molecule has 0 fully saturated rings. The normalized spacial score (nSPS) is 10.5. The number of ether oxygens (including phenoxy) is 1. The van der Waals surface area contributed by atoms with Gasteiger partial charge in [0.25, 0.3) is 0 Å². The van der Waals surface area contributed by atoms with Crippen LogP contribution in [0.5, 0.6) is 5.88 Å². The van der Waals surface area contributed by atoms with Crippen molar-refractivity contribution in [2.75, 3.05) is 19.5 Å². The Morgan fingerprint density at radius 3 is 2.86 bits per heavy atom. The molecule has 0 saturated carbocycles. The summed E-state index contributed by atoms with van der Waals surface area (Å²) in [4.78, 5) is 8.37. The van der Waals surface area contributed by atoms with Crippen LogP contribution in [0.3, 0.4) is 0 Å². The maximum Gasteiger partial charge on any atom is 0.245 e. The predicted molar refractivity (Wildman–Crippen MR) is 52.6 cm³/mol. The summed E-state index contributed by atoms with van der Waals surface area (Å²) in [6.45, 7) is 1.79. The maximum absolute atomic E-state index is 5.38. The summed E-state index contributed by atoms with van der Waals surface area (Å²) in [6.07, 6.45) is 0. The van der Waals surface area contributed by atoms with Crippen molar-refractivity contribution < 1.29 is 9.15 Å². The molecule has 0 unspecified atom stereocenters. The minimum Gasteiger partial charge on any atom is -0.479 e. The molecule has 0 saturated heterocycles. The molecule has 0 radical (unpaired) electrons. The van der Waals surface area contributed by atoms with Crippen molar-refractivity contribution in [3.63, 3.8) is 0 Å². The van der Waals surface area contributed by atoms with Crippen LogP contribution >= 0.6 is 0 Å². The zero-order chi connectivity index (χ0) is 10.1. The van der Waals surface area contributed by atoms with Gasteiger partial charge in [0, 0.05) is 20.0 Å². The van der Waals surface area contributed by atoms with Gasteiger partial charge >= 0.3 is 0 Å². The molecule has 0 aliphatic carbocycles. The van der Waals surface area contributed by atoms with Gasteiger partial charge in [-0.05, 0) is 0 Å². The third-order valence-corrected chi connectivity index (χ3v) is 1.90. The minimum absolute atomic E-state index is 0.476. The highest BCUT2D eigenvalue weighted by molar-refractivity contribution is 5.80. The topological polar surface area (TPSA) is 60.2 Å². The molecule has 0 aliphatic rings. The van der Waals surface area contributed by atoms with Gasteiger partial charge in [-0.1, -0.05) is 0 Å². The van der Waals surface area contributed by atoms with Gasteiger partial charge in [0.1, 0.15) is 5.82 Å². The monoisotopic (exact) mass is 193 g/mol. The Morgan fingerprint density at radius 2 is 2.21 bits per heavy atom. The van der Waals surface area contributed by atoms with Gasteiger partial charge in [-0.2, -0.15) is 4.98 Å². The Kier molecular flexibility index (Phi) is 1.99. The standard InChI is InChI=1S/C9H11N3O2/c1-5-11-8-6(14-5)4-7(10-2)12-9(8)13-3/h4H,1-3H3,(H,10,12). The number of aromatic nitrogens is 2. The van der Waals surface area contributed by atoms with Crippen LogP contribution in [0.2, 0.25) is 0 Å². The average Bonchev–Trinajstić information content (AvgIpc) is 2.56. The first kappa shape index (κ1) is 8.80. The SMILES string of the molecule is CNc1cc2oc(C)nc2c(OC)n1. The lowest BCUT2D eigenvalue weighted by molar-refractivity contribution is 0.403. The van der Waals surface area contributed by atoms with E-state index in [4.69, 9.17) is 9.15 Å². The average molecular weight is 193 g/mol. The number of hydrogen-bond donors (Lipinski definition) is 1. The number of anilines is 1. The summed E-state index contributed by atoms with van der Waals surface area (Å²) in [5.74, 6) is 1.78. The zero-order valence-corrected chi connectivity index (χ0v) is 8.29. The molecule has 1 N–H and O–H groups in total. The molecule has 0 aliphatic heterocycles. The van der Waals surface area contributed by atoms with Crippen LogP contribution in [0.25, 0.3) is 11.1 Å². The highest BCUT2D eigenvalue weighted by Gasteiger charge is 2.11. The third kappa shape index (κ3) is 1.26. The number of fused-ring (bicyclic) bond motifs is 1. The van der Waals surface area contributed by atoms with Gasteiger partial charge < -0.3 is 14.5 Å². The van der Waals surface area contributed by atoms with Crippen LogP contribution < -0.4 is 10.1 Å². The molecule has 0 spiro atoms. The van der Waals surface area contributed by atoms with Crippen LogP contribution in [0.1, 0.15) is 5.89 Å². The molecular weight excluding hydrogens is 182 g/mol. The van der Waals surface area contributed by atoms with Crippen molar-refractivity contribution >= 4 is 16.9 Å². The lowest BCUT2D eigenvalue weighted by Crippen LogP contribution is -1.95. The molecule has 74 valence electrons. The molecule has 2 aromatic heterocycles. The van der Waals surface area contributed by atoms with E-state index in [0.717, 1.165) is 0 Å². The van der Waals surface area contributed by atoms with E-state index in [-0.39, 0.29) is 0 Å². The minimum atomic E-state index is 0.476. The summed E-state index contributed by atoms with van der Waals surface area (Å²) >= 11 is 0. The van der Waals surface area contributed by atoms with Crippen molar-refractivity contribution in [3.05, 3.63) is 12.0 Å². The molecular formula is C9H11N3O2. The van der Waals surface area contributed by atoms with Gasteiger partial charge in [0.05, 0.1) is 7.11 Å². The van der Waals surface area contributed by atoms with Crippen LogP contribution in [0, 0.1) is 6.92 Å². The number of rotatable bonds is 2. The van der Waals surface area contributed by atoms with Crippen LogP contribution in [0.15, 0.2) is 10.5 Å². The van der Waals surface area contributed by atoms with E-state index in [1.807, 2.05) is 0 Å². The van der Waals surface area contributed by atoms with Crippen molar-refractivity contribution in [3.8, 4) is 5.88 Å². The molecule has 2 rings (SSSR count). The highest BCUT2D eigenvalue weighted by Crippen LogP contribution is 2.26. The van der Waals surface area contributed by atoms with Gasteiger partial charge in [-0.25, -0.2) is 4.98 Å². The Labute approximate surface area is 81.1 Å². The number of nitrogens with zero attached hydrogens (tertiary/aromatic N) is 2. The van der Waals surface area contributed by atoms with E-state index in [1.165, 1.54) is 0 Å². The second-order valence-electron chi connectivity index (χ2n) is 2.85. The van der Waals surface area contributed by atoms with Gasteiger partial charge in [-0.15, -0.1) is 0 Å². The second-order valence-corrected chi connectivity index (χ2v) is 2.85. The summed E-state index contributed by atoms with van der Waals surface area (Å²) in [5, 5.41) is 2.92. The largest absolute Gasteiger partial charge is 0.479 e. The van der Waals surface area contributed by atoms with E-state index in [1.54, 1.807) is 27.1 Å². The highest BCUT2D eigenvalue weighted by atomic mass is 16.5. The quantitative estimate of drug-likeness (QED) is 0.784. The number of oxazole rings is 1. The number of nitrogens with one attached hydrogen (secondary N) is 1. The fraction of sp³-hybridized carbons (Fsp3) is 0.333. The Balaban J connectivity index is 2.72. The predicted octanol–water partition coefficient (Wildman–Crippen LogP) is 1.58. The number of methoxy groups -OCH3 is 1. The second kappa shape index (κ2) is 3.17. The van der Waals surface area contributed by atoms with Crippen molar-refractivity contribution in [1.29, 1.82) is 0 Å². The summed E-state index contributed by atoms with van der Waals surface area (Å²) < 4.78 is 10.5. The molecule has 5 heteroatoms. The van der Waals surface area contributed by atoms with Crippen molar-refractivity contribution in [2.24, 2.45) is 0 Å². The lowest BCUT2D eigenvalue weighted by atomic mass is 10.4. The van der Waals surface area contributed by atoms with E-state index in [2.05, 4.69) is 15.3 Å².